The fraction of sp³-hybridized carbons (Fsp3) is 0.929. The maximum Gasteiger partial charge on any atom is 0.225 e. The minimum atomic E-state index is -0.0895. The van der Waals surface area contributed by atoms with Crippen LogP contribution in [0.5, 0.6) is 0 Å². The second kappa shape index (κ2) is 4.82. The Kier molecular flexibility index (Phi) is 3.32. The molecular formula is C14H25N3O. The van der Waals surface area contributed by atoms with Crippen LogP contribution in [-0.4, -0.2) is 30.6 Å². The largest absolute Gasteiger partial charge is 0.349 e. The lowest BCUT2D eigenvalue weighted by Crippen LogP contribution is -2.59. The highest BCUT2D eigenvalue weighted by atomic mass is 16.2. The summed E-state index contributed by atoms with van der Waals surface area (Å²) >= 11 is 0. The molecule has 4 heteroatoms. The Bertz CT molecular complexity index is 317. The molecule has 4 nitrogen and oxygen atoms in total. The number of fused-ring (bicyclic) bond motifs is 3. The van der Waals surface area contributed by atoms with Crippen molar-refractivity contribution in [1.82, 2.24) is 10.6 Å². The predicted molar refractivity (Wildman–Crippen MR) is 71.0 cm³/mol. The average molecular weight is 251 g/mol. The van der Waals surface area contributed by atoms with Crippen molar-refractivity contribution in [1.29, 1.82) is 0 Å². The molecule has 0 aromatic carbocycles. The number of nitrogens with one attached hydrogen (secondary N) is 2. The number of amides is 1. The second-order valence-electron chi connectivity index (χ2n) is 6.48. The monoisotopic (exact) mass is 251 g/mol. The van der Waals surface area contributed by atoms with Gasteiger partial charge < -0.3 is 16.4 Å². The van der Waals surface area contributed by atoms with Crippen molar-refractivity contribution < 1.29 is 4.79 Å². The molecule has 0 aromatic rings. The predicted octanol–water partition coefficient (Wildman–Crippen LogP) is 0.762. The average Bonchev–Trinajstić information content (AvgIpc) is 2.89. The van der Waals surface area contributed by atoms with E-state index in [-0.39, 0.29) is 17.4 Å². The normalized spacial score (nSPS) is 37.7. The van der Waals surface area contributed by atoms with Gasteiger partial charge in [-0.05, 0) is 44.6 Å². The van der Waals surface area contributed by atoms with Crippen LogP contribution in [0.15, 0.2) is 0 Å². The smallest absolute Gasteiger partial charge is 0.225 e. The lowest BCUT2D eigenvalue weighted by molar-refractivity contribution is -0.130. The quantitative estimate of drug-likeness (QED) is 0.694. The molecule has 4 rings (SSSR count). The van der Waals surface area contributed by atoms with E-state index >= 15 is 0 Å². The van der Waals surface area contributed by atoms with Gasteiger partial charge in [0, 0.05) is 12.6 Å². The van der Waals surface area contributed by atoms with Crippen LogP contribution in [-0.2, 0) is 4.79 Å². The molecular weight excluding hydrogens is 226 g/mol. The van der Waals surface area contributed by atoms with Gasteiger partial charge in [-0.3, -0.25) is 4.79 Å². The molecule has 0 radical (unpaired) electrons. The molecule has 2 aliphatic heterocycles. The van der Waals surface area contributed by atoms with Crippen molar-refractivity contribution in [3.63, 3.8) is 0 Å². The molecule has 4 fully saturated rings. The Balaban J connectivity index is 1.64. The Morgan fingerprint density at radius 3 is 2.61 bits per heavy atom. The van der Waals surface area contributed by atoms with Gasteiger partial charge in [0.1, 0.15) is 0 Å². The van der Waals surface area contributed by atoms with Gasteiger partial charge in [0.05, 0.1) is 11.5 Å². The second-order valence-corrected chi connectivity index (χ2v) is 6.48. The molecule has 2 aliphatic carbocycles. The van der Waals surface area contributed by atoms with Crippen LogP contribution < -0.4 is 16.4 Å². The van der Waals surface area contributed by atoms with Crippen molar-refractivity contribution in [3.8, 4) is 0 Å². The number of nitrogens with two attached hydrogens (primary N) is 1. The van der Waals surface area contributed by atoms with Crippen LogP contribution in [0.3, 0.4) is 0 Å². The molecule has 2 heterocycles. The third kappa shape index (κ3) is 2.16. The number of hydrogen-bond acceptors (Lipinski definition) is 3. The summed E-state index contributed by atoms with van der Waals surface area (Å²) in [6.45, 7) is 1.70. The van der Waals surface area contributed by atoms with E-state index in [9.17, 15) is 4.79 Å². The summed E-state index contributed by atoms with van der Waals surface area (Å²) in [5.74, 6) is 1.15. The summed E-state index contributed by atoms with van der Waals surface area (Å²) in [6.07, 6.45) is 8.05. The molecule has 4 aliphatic rings. The van der Waals surface area contributed by atoms with Crippen molar-refractivity contribution in [2.75, 3.05) is 13.1 Å². The van der Waals surface area contributed by atoms with E-state index in [1.54, 1.807) is 0 Å². The van der Waals surface area contributed by atoms with E-state index in [0.29, 0.717) is 18.5 Å². The minimum absolute atomic E-state index is 0.0895. The first-order valence-electron chi connectivity index (χ1n) is 7.48. The molecule has 4 N–H and O–H groups in total. The zero-order valence-corrected chi connectivity index (χ0v) is 11.1. The fourth-order valence-corrected chi connectivity index (χ4v) is 4.08. The van der Waals surface area contributed by atoms with Gasteiger partial charge in [-0.2, -0.15) is 0 Å². The zero-order chi connectivity index (χ0) is 12.6. The molecule has 3 atom stereocenters. The number of hydrogen-bond donors (Lipinski definition) is 3. The summed E-state index contributed by atoms with van der Waals surface area (Å²) in [5.41, 5.74) is 5.80. The standard InChI is InChI=1S/C14H25N3O/c15-9-14(5-1-2-6-14)17-13(18)11-7-10-3-4-12(11)16-8-10/h10-12,16H,1-9,15H2,(H,17,18). The third-order valence-corrected chi connectivity index (χ3v) is 5.30. The lowest BCUT2D eigenvalue weighted by atomic mass is 9.73. The van der Waals surface area contributed by atoms with Crippen molar-refractivity contribution >= 4 is 5.91 Å². The summed E-state index contributed by atoms with van der Waals surface area (Å²) in [5, 5.41) is 6.81. The molecule has 2 saturated heterocycles. The van der Waals surface area contributed by atoms with E-state index in [2.05, 4.69) is 10.6 Å². The molecule has 0 aromatic heterocycles. The van der Waals surface area contributed by atoms with Gasteiger partial charge >= 0.3 is 0 Å². The van der Waals surface area contributed by atoms with Crippen LogP contribution in [0.1, 0.15) is 44.9 Å². The Morgan fingerprint density at radius 1 is 1.33 bits per heavy atom. The Labute approximate surface area is 109 Å². The summed E-state index contributed by atoms with van der Waals surface area (Å²) in [7, 11) is 0. The number of rotatable bonds is 3. The number of carbonyl (C=O) groups excluding carboxylic acids is 1. The maximum atomic E-state index is 12.5. The summed E-state index contributed by atoms with van der Waals surface area (Å²) < 4.78 is 0. The van der Waals surface area contributed by atoms with Crippen molar-refractivity contribution in [3.05, 3.63) is 0 Å². The number of carbonyl (C=O) groups is 1. The highest BCUT2D eigenvalue weighted by Gasteiger charge is 2.42. The van der Waals surface area contributed by atoms with E-state index in [1.165, 1.54) is 25.7 Å². The van der Waals surface area contributed by atoms with E-state index in [1.807, 2.05) is 0 Å². The Hall–Kier alpha value is -0.610. The van der Waals surface area contributed by atoms with E-state index in [0.717, 1.165) is 25.8 Å². The fourth-order valence-electron chi connectivity index (χ4n) is 4.08. The van der Waals surface area contributed by atoms with Crippen LogP contribution in [0.4, 0.5) is 0 Å². The maximum absolute atomic E-state index is 12.5. The van der Waals surface area contributed by atoms with Gasteiger partial charge in [-0.1, -0.05) is 12.8 Å². The van der Waals surface area contributed by atoms with E-state index < -0.39 is 0 Å². The van der Waals surface area contributed by atoms with Crippen LogP contribution in [0, 0.1) is 11.8 Å². The van der Waals surface area contributed by atoms with E-state index in [4.69, 9.17) is 5.73 Å². The van der Waals surface area contributed by atoms with Gasteiger partial charge in [0.2, 0.25) is 5.91 Å². The van der Waals surface area contributed by atoms with Gasteiger partial charge in [0.15, 0.2) is 0 Å². The summed E-state index contributed by atoms with van der Waals surface area (Å²) in [4.78, 5) is 12.5. The van der Waals surface area contributed by atoms with Gasteiger partial charge in [0.25, 0.3) is 0 Å². The molecule has 102 valence electrons. The SMILES string of the molecule is NCC1(NC(=O)C2CC3CCC2NC3)CCCC1. The first-order chi connectivity index (χ1) is 8.72. The van der Waals surface area contributed by atoms with Crippen LogP contribution in [0.25, 0.3) is 0 Å². The first kappa shape index (κ1) is 12.4. The van der Waals surface area contributed by atoms with Crippen molar-refractivity contribution in [2.45, 2.75) is 56.5 Å². The lowest BCUT2D eigenvalue weighted by Gasteiger charge is -2.43. The van der Waals surface area contributed by atoms with Gasteiger partial charge in [-0.25, -0.2) is 0 Å². The third-order valence-electron chi connectivity index (χ3n) is 5.30. The minimum Gasteiger partial charge on any atom is -0.349 e. The van der Waals surface area contributed by atoms with Crippen molar-refractivity contribution in [2.24, 2.45) is 17.6 Å². The highest BCUT2D eigenvalue weighted by Crippen LogP contribution is 2.35. The highest BCUT2D eigenvalue weighted by molar-refractivity contribution is 5.80. The topological polar surface area (TPSA) is 67.1 Å². The number of piperidine rings is 2. The first-order valence-corrected chi connectivity index (χ1v) is 7.48. The van der Waals surface area contributed by atoms with Crippen LogP contribution >= 0.6 is 0 Å². The zero-order valence-electron chi connectivity index (χ0n) is 11.1. The van der Waals surface area contributed by atoms with Gasteiger partial charge in [-0.15, -0.1) is 0 Å². The molecule has 2 saturated carbocycles. The Morgan fingerprint density at radius 2 is 2.11 bits per heavy atom. The molecule has 0 spiro atoms. The summed E-state index contributed by atoms with van der Waals surface area (Å²) in [6, 6.07) is 0.409. The van der Waals surface area contributed by atoms with Crippen LogP contribution in [0.2, 0.25) is 0 Å². The molecule has 3 unspecified atom stereocenters. The molecule has 1 amide bonds. The molecule has 2 bridgehead atoms. The molecule has 18 heavy (non-hydrogen) atoms.